The van der Waals surface area contributed by atoms with Crippen LogP contribution in [0.2, 0.25) is 0 Å². The van der Waals surface area contributed by atoms with E-state index in [0.717, 1.165) is 6.29 Å². The summed E-state index contributed by atoms with van der Waals surface area (Å²) in [4.78, 5) is 14.9. The highest BCUT2D eigenvalue weighted by atomic mass is 16.7. The maximum absolute atomic E-state index is 10.0. The molecule has 0 unspecified atom stereocenters. The van der Waals surface area contributed by atoms with Gasteiger partial charge in [-0.25, -0.2) is 0 Å². The zero-order valence-corrected chi connectivity index (χ0v) is 13.5. The third-order valence-electron chi connectivity index (χ3n) is 2.17. The van der Waals surface area contributed by atoms with Crippen LogP contribution in [-0.4, -0.2) is 76.6 Å². The Labute approximate surface area is 132 Å². The van der Waals surface area contributed by atoms with Crippen LogP contribution in [0.15, 0.2) is 0 Å². The lowest BCUT2D eigenvalue weighted by Gasteiger charge is -2.17. The standard InChI is InChI=1S/C14H29NO7/c1-14(2,17)22-15-4-7-19-9-11-21-13-12-20-10-8-18-6-3-5-16/h5,15,17H,3-4,6-13H2,1-2H3. The number of rotatable bonds is 17. The maximum Gasteiger partial charge on any atom is 0.179 e. The van der Waals surface area contributed by atoms with Crippen LogP contribution in [0.25, 0.3) is 0 Å². The van der Waals surface area contributed by atoms with E-state index in [1.165, 1.54) is 13.8 Å². The average molecular weight is 323 g/mol. The summed E-state index contributed by atoms with van der Waals surface area (Å²) < 4.78 is 21.0. The van der Waals surface area contributed by atoms with Gasteiger partial charge in [-0.3, -0.25) is 4.84 Å². The number of hydroxylamine groups is 1. The van der Waals surface area contributed by atoms with Gasteiger partial charge in [0.15, 0.2) is 5.79 Å². The Morgan fingerprint density at radius 2 is 1.32 bits per heavy atom. The molecular weight excluding hydrogens is 294 g/mol. The second-order valence-corrected chi connectivity index (χ2v) is 4.85. The highest BCUT2D eigenvalue weighted by molar-refractivity contribution is 5.49. The van der Waals surface area contributed by atoms with Crippen molar-refractivity contribution in [2.24, 2.45) is 0 Å². The van der Waals surface area contributed by atoms with Crippen molar-refractivity contribution in [2.75, 3.05) is 59.4 Å². The molecule has 0 fully saturated rings. The van der Waals surface area contributed by atoms with Gasteiger partial charge in [-0.2, -0.15) is 5.48 Å². The molecule has 8 heteroatoms. The number of aliphatic hydroxyl groups is 1. The van der Waals surface area contributed by atoms with E-state index in [-0.39, 0.29) is 0 Å². The number of carbonyl (C=O) groups is 1. The molecule has 0 aromatic carbocycles. The van der Waals surface area contributed by atoms with E-state index in [4.69, 9.17) is 23.8 Å². The summed E-state index contributed by atoms with van der Waals surface area (Å²) in [7, 11) is 0. The number of hydrogen-bond acceptors (Lipinski definition) is 8. The Hall–Kier alpha value is -0.610. The highest BCUT2D eigenvalue weighted by Crippen LogP contribution is 1.98. The van der Waals surface area contributed by atoms with Crippen LogP contribution in [0.4, 0.5) is 0 Å². The highest BCUT2D eigenvalue weighted by Gasteiger charge is 2.11. The van der Waals surface area contributed by atoms with Crippen molar-refractivity contribution in [1.29, 1.82) is 0 Å². The fraction of sp³-hybridized carbons (Fsp3) is 0.929. The first-order chi connectivity index (χ1) is 10.6. The van der Waals surface area contributed by atoms with Gasteiger partial charge in [0, 0.05) is 13.0 Å². The number of hydrogen-bond donors (Lipinski definition) is 2. The van der Waals surface area contributed by atoms with Gasteiger partial charge >= 0.3 is 0 Å². The lowest BCUT2D eigenvalue weighted by Crippen LogP contribution is -2.33. The summed E-state index contributed by atoms with van der Waals surface area (Å²) in [5, 5.41) is 9.25. The molecular formula is C14H29NO7. The van der Waals surface area contributed by atoms with Gasteiger partial charge in [0.25, 0.3) is 0 Å². The summed E-state index contributed by atoms with van der Waals surface area (Å²) in [6.07, 6.45) is 1.25. The smallest absolute Gasteiger partial charge is 0.179 e. The Morgan fingerprint density at radius 1 is 0.864 bits per heavy atom. The first-order valence-corrected chi connectivity index (χ1v) is 7.44. The molecule has 0 radical (unpaired) electrons. The molecule has 0 saturated heterocycles. The number of ether oxygens (including phenoxy) is 4. The molecule has 0 atom stereocenters. The van der Waals surface area contributed by atoms with E-state index in [0.29, 0.717) is 65.8 Å². The van der Waals surface area contributed by atoms with Gasteiger partial charge in [0.1, 0.15) is 6.29 Å². The molecule has 0 saturated carbocycles. The van der Waals surface area contributed by atoms with Crippen LogP contribution in [0, 0.1) is 0 Å². The van der Waals surface area contributed by atoms with E-state index < -0.39 is 5.79 Å². The van der Waals surface area contributed by atoms with Crippen LogP contribution in [-0.2, 0) is 28.6 Å². The van der Waals surface area contributed by atoms with Crippen LogP contribution >= 0.6 is 0 Å². The van der Waals surface area contributed by atoms with Gasteiger partial charge in [-0.05, 0) is 13.8 Å². The minimum atomic E-state index is -1.19. The second-order valence-electron chi connectivity index (χ2n) is 4.85. The molecule has 0 heterocycles. The SMILES string of the molecule is CC(C)(O)ONCCOCCOCCOCCOCCC=O. The molecule has 0 aliphatic carbocycles. The van der Waals surface area contributed by atoms with Gasteiger partial charge in [0.05, 0.1) is 52.9 Å². The first-order valence-electron chi connectivity index (χ1n) is 7.44. The fourth-order valence-electron chi connectivity index (χ4n) is 1.23. The lowest BCUT2D eigenvalue weighted by atomic mass is 10.4. The predicted molar refractivity (Wildman–Crippen MR) is 79.3 cm³/mol. The topological polar surface area (TPSA) is 95.5 Å². The molecule has 0 rings (SSSR count). The molecule has 0 aromatic rings. The van der Waals surface area contributed by atoms with E-state index in [2.05, 4.69) is 5.48 Å². The van der Waals surface area contributed by atoms with Crippen LogP contribution in [0.3, 0.4) is 0 Å². The normalized spacial score (nSPS) is 11.8. The molecule has 2 N–H and O–H groups in total. The number of nitrogens with one attached hydrogen (secondary N) is 1. The molecule has 0 amide bonds. The van der Waals surface area contributed by atoms with Gasteiger partial charge in [-0.15, -0.1) is 0 Å². The van der Waals surface area contributed by atoms with Crippen molar-refractivity contribution in [2.45, 2.75) is 26.1 Å². The summed E-state index contributed by atoms with van der Waals surface area (Å²) in [5.74, 6) is -1.19. The average Bonchev–Trinajstić information content (AvgIpc) is 2.45. The van der Waals surface area contributed by atoms with Gasteiger partial charge in [-0.1, -0.05) is 0 Å². The molecule has 132 valence electrons. The molecule has 0 aromatic heterocycles. The van der Waals surface area contributed by atoms with Crippen molar-refractivity contribution in [3.8, 4) is 0 Å². The Morgan fingerprint density at radius 3 is 1.77 bits per heavy atom. The van der Waals surface area contributed by atoms with Gasteiger partial charge in [0.2, 0.25) is 0 Å². The quantitative estimate of drug-likeness (QED) is 0.166. The fourth-order valence-corrected chi connectivity index (χ4v) is 1.23. The third kappa shape index (κ3) is 19.4. The maximum atomic E-state index is 10.0. The van der Waals surface area contributed by atoms with Crippen molar-refractivity contribution in [3.05, 3.63) is 0 Å². The minimum absolute atomic E-state index is 0.419. The monoisotopic (exact) mass is 323 g/mol. The molecule has 0 spiro atoms. The van der Waals surface area contributed by atoms with Crippen molar-refractivity contribution in [3.63, 3.8) is 0 Å². The van der Waals surface area contributed by atoms with E-state index in [9.17, 15) is 9.90 Å². The first kappa shape index (κ1) is 21.4. The minimum Gasteiger partial charge on any atom is -0.379 e. The summed E-state index contributed by atoms with van der Waals surface area (Å²) in [6, 6.07) is 0. The summed E-state index contributed by atoms with van der Waals surface area (Å²) in [6.45, 7) is 7.41. The number of carbonyl (C=O) groups excluding carboxylic acids is 1. The Kier molecular flexibility index (Phi) is 14.9. The van der Waals surface area contributed by atoms with E-state index in [1.54, 1.807) is 0 Å². The molecule has 0 aliphatic heterocycles. The summed E-state index contributed by atoms with van der Waals surface area (Å²) in [5.41, 5.74) is 2.60. The number of aldehydes is 1. The molecule has 0 aliphatic rings. The van der Waals surface area contributed by atoms with Crippen molar-refractivity contribution >= 4 is 6.29 Å². The zero-order chi connectivity index (χ0) is 16.5. The van der Waals surface area contributed by atoms with Crippen LogP contribution < -0.4 is 5.48 Å². The van der Waals surface area contributed by atoms with Gasteiger partial charge < -0.3 is 28.8 Å². The van der Waals surface area contributed by atoms with Crippen molar-refractivity contribution in [1.82, 2.24) is 5.48 Å². The lowest BCUT2D eigenvalue weighted by molar-refractivity contribution is -0.216. The molecule has 8 nitrogen and oxygen atoms in total. The largest absolute Gasteiger partial charge is 0.379 e. The van der Waals surface area contributed by atoms with Crippen LogP contribution in [0.1, 0.15) is 20.3 Å². The van der Waals surface area contributed by atoms with Crippen molar-refractivity contribution < 1.29 is 33.7 Å². The Balaban J connectivity index is 3.01. The van der Waals surface area contributed by atoms with E-state index in [1.807, 2.05) is 0 Å². The third-order valence-corrected chi connectivity index (χ3v) is 2.17. The second kappa shape index (κ2) is 15.3. The molecule has 0 bridgehead atoms. The summed E-state index contributed by atoms with van der Waals surface area (Å²) >= 11 is 0. The Bertz CT molecular complexity index is 246. The molecule has 22 heavy (non-hydrogen) atoms. The van der Waals surface area contributed by atoms with E-state index >= 15 is 0 Å². The predicted octanol–water partition coefficient (Wildman–Crippen LogP) is -0.109. The van der Waals surface area contributed by atoms with Crippen LogP contribution in [0.5, 0.6) is 0 Å². The zero-order valence-electron chi connectivity index (χ0n) is 13.5.